The molecule has 0 fully saturated rings. The number of benzene rings is 2. The number of aliphatic imine (C=N–C) groups is 1. The van der Waals surface area contributed by atoms with Crippen molar-refractivity contribution >= 4 is 11.8 Å². The van der Waals surface area contributed by atoms with Gasteiger partial charge in [-0.15, -0.1) is 0 Å². The maximum absolute atomic E-state index is 13.2. The number of guanidine groups is 1. The van der Waals surface area contributed by atoms with Crippen LogP contribution in [0.4, 0.5) is 10.2 Å². The second kappa shape index (κ2) is 10.3. The number of nitrogens with zero attached hydrogens (tertiary/aromatic N) is 4. The zero-order valence-electron chi connectivity index (χ0n) is 17.7. The number of aryl methyl sites for hydroxylation is 2. The number of aromatic nitrogens is 2. The van der Waals surface area contributed by atoms with Crippen LogP contribution in [0.2, 0.25) is 0 Å². The quantitative estimate of drug-likeness (QED) is 0.310. The van der Waals surface area contributed by atoms with Gasteiger partial charge >= 0.3 is 0 Å². The molecule has 1 aromatic heterocycles. The van der Waals surface area contributed by atoms with Crippen molar-refractivity contribution in [1.82, 2.24) is 20.4 Å². The summed E-state index contributed by atoms with van der Waals surface area (Å²) in [4.78, 5) is 4.25. The van der Waals surface area contributed by atoms with E-state index in [-0.39, 0.29) is 11.6 Å². The minimum absolute atomic E-state index is 0.257. The standard InChI is InChI=1S/C23H26FN7/c1-16-6-3-4-7-17(16)15-29-23(27-2)28-13-5-8-21-20(14-25)22(26)31(30-21)19-11-9-18(24)10-12-19/h3-4,6-7,9-12H,5,8,13,15,26H2,1-2H3,(H2,27,28,29). The third-order valence-corrected chi connectivity index (χ3v) is 4.99. The molecule has 4 N–H and O–H groups in total. The Morgan fingerprint density at radius 2 is 1.94 bits per heavy atom. The topological polar surface area (TPSA) is 104 Å². The summed E-state index contributed by atoms with van der Waals surface area (Å²) in [5.41, 5.74) is 10.1. The first-order chi connectivity index (χ1) is 15.0. The van der Waals surface area contributed by atoms with E-state index in [0.29, 0.717) is 42.4 Å². The van der Waals surface area contributed by atoms with Gasteiger partial charge < -0.3 is 16.4 Å². The van der Waals surface area contributed by atoms with Crippen LogP contribution in [0.1, 0.15) is 28.8 Å². The Labute approximate surface area is 181 Å². The fourth-order valence-corrected chi connectivity index (χ4v) is 3.22. The maximum atomic E-state index is 13.2. The number of halogens is 1. The van der Waals surface area contributed by atoms with Crippen LogP contribution in [-0.2, 0) is 13.0 Å². The van der Waals surface area contributed by atoms with Crippen LogP contribution < -0.4 is 16.4 Å². The van der Waals surface area contributed by atoms with Gasteiger partial charge in [0.2, 0.25) is 0 Å². The van der Waals surface area contributed by atoms with Crippen LogP contribution in [0.5, 0.6) is 0 Å². The van der Waals surface area contributed by atoms with Gasteiger partial charge in [0.1, 0.15) is 23.3 Å². The van der Waals surface area contributed by atoms with E-state index in [1.807, 2.05) is 12.1 Å². The molecule has 7 nitrogen and oxygen atoms in total. The van der Waals surface area contributed by atoms with Crippen LogP contribution >= 0.6 is 0 Å². The highest BCUT2D eigenvalue weighted by Gasteiger charge is 2.16. The van der Waals surface area contributed by atoms with Gasteiger partial charge in [-0.3, -0.25) is 4.99 Å². The van der Waals surface area contributed by atoms with E-state index in [4.69, 9.17) is 5.73 Å². The third kappa shape index (κ3) is 5.39. The van der Waals surface area contributed by atoms with Crippen LogP contribution in [0.15, 0.2) is 53.5 Å². The number of hydrogen-bond acceptors (Lipinski definition) is 4. The van der Waals surface area contributed by atoms with Gasteiger partial charge in [0.25, 0.3) is 0 Å². The molecule has 2 aromatic carbocycles. The molecule has 0 bridgehead atoms. The van der Waals surface area contributed by atoms with Crippen LogP contribution in [0.3, 0.4) is 0 Å². The van der Waals surface area contributed by atoms with Crippen molar-refractivity contribution in [2.45, 2.75) is 26.3 Å². The van der Waals surface area contributed by atoms with E-state index >= 15 is 0 Å². The van der Waals surface area contributed by atoms with E-state index in [1.165, 1.54) is 27.9 Å². The second-order valence-electron chi connectivity index (χ2n) is 7.09. The number of nitrogen functional groups attached to an aromatic ring is 1. The van der Waals surface area contributed by atoms with Crippen molar-refractivity contribution in [3.8, 4) is 11.8 Å². The summed E-state index contributed by atoms with van der Waals surface area (Å²) in [6.07, 6.45) is 1.31. The Morgan fingerprint density at radius 3 is 2.61 bits per heavy atom. The van der Waals surface area contributed by atoms with Crippen molar-refractivity contribution in [2.24, 2.45) is 4.99 Å². The Kier molecular flexibility index (Phi) is 7.22. The Balaban J connectivity index is 1.56. The molecule has 3 rings (SSSR count). The zero-order valence-corrected chi connectivity index (χ0v) is 17.7. The summed E-state index contributed by atoms with van der Waals surface area (Å²) in [7, 11) is 1.73. The SMILES string of the molecule is CN=C(NCCCc1nn(-c2ccc(F)cc2)c(N)c1C#N)NCc1ccccc1C. The molecular formula is C23H26FN7. The van der Waals surface area contributed by atoms with Gasteiger partial charge in [-0.2, -0.15) is 10.4 Å². The smallest absolute Gasteiger partial charge is 0.191 e. The molecule has 0 saturated heterocycles. The molecule has 0 saturated carbocycles. The predicted octanol–water partition coefficient (Wildman–Crippen LogP) is 3.07. The molecule has 3 aromatic rings. The molecule has 0 aliphatic carbocycles. The van der Waals surface area contributed by atoms with Gasteiger partial charge in [-0.1, -0.05) is 24.3 Å². The number of hydrogen-bond donors (Lipinski definition) is 3. The summed E-state index contributed by atoms with van der Waals surface area (Å²) in [5, 5.41) is 20.6. The number of anilines is 1. The molecule has 8 heteroatoms. The van der Waals surface area contributed by atoms with E-state index in [0.717, 1.165) is 6.42 Å². The van der Waals surface area contributed by atoms with Gasteiger partial charge in [0.15, 0.2) is 5.96 Å². The number of rotatable bonds is 7. The summed E-state index contributed by atoms with van der Waals surface area (Å²) in [5.74, 6) is 0.624. The Hall–Kier alpha value is -3.86. The second-order valence-corrected chi connectivity index (χ2v) is 7.09. The molecule has 0 radical (unpaired) electrons. The Morgan fingerprint density at radius 1 is 1.19 bits per heavy atom. The fourth-order valence-electron chi connectivity index (χ4n) is 3.22. The first-order valence-electron chi connectivity index (χ1n) is 10.1. The van der Waals surface area contributed by atoms with E-state index < -0.39 is 0 Å². The average molecular weight is 420 g/mol. The number of nitrogens with one attached hydrogen (secondary N) is 2. The summed E-state index contributed by atoms with van der Waals surface area (Å²) < 4.78 is 14.7. The molecule has 0 aliphatic rings. The lowest BCUT2D eigenvalue weighted by Crippen LogP contribution is -2.37. The highest BCUT2D eigenvalue weighted by Crippen LogP contribution is 2.21. The van der Waals surface area contributed by atoms with Gasteiger partial charge in [0.05, 0.1) is 11.4 Å². The van der Waals surface area contributed by atoms with Crippen molar-refractivity contribution in [3.05, 3.63) is 76.7 Å². The van der Waals surface area contributed by atoms with Crippen LogP contribution in [0.25, 0.3) is 5.69 Å². The molecule has 0 amide bonds. The van der Waals surface area contributed by atoms with Crippen molar-refractivity contribution in [1.29, 1.82) is 5.26 Å². The van der Waals surface area contributed by atoms with Crippen LogP contribution in [-0.4, -0.2) is 29.3 Å². The summed E-state index contributed by atoms with van der Waals surface area (Å²) >= 11 is 0. The lowest BCUT2D eigenvalue weighted by Gasteiger charge is -2.13. The minimum atomic E-state index is -0.342. The highest BCUT2D eigenvalue weighted by molar-refractivity contribution is 5.79. The summed E-state index contributed by atoms with van der Waals surface area (Å²) in [6, 6.07) is 16.2. The van der Waals surface area contributed by atoms with E-state index in [1.54, 1.807) is 19.2 Å². The predicted molar refractivity (Wildman–Crippen MR) is 120 cm³/mol. The first-order valence-corrected chi connectivity index (χ1v) is 10.1. The van der Waals surface area contributed by atoms with Gasteiger partial charge in [-0.05, 0) is 55.2 Å². The molecule has 160 valence electrons. The Bertz CT molecular complexity index is 1090. The molecule has 0 unspecified atom stereocenters. The average Bonchev–Trinajstić information content (AvgIpc) is 3.10. The molecule has 31 heavy (non-hydrogen) atoms. The lowest BCUT2D eigenvalue weighted by molar-refractivity contribution is 0.627. The lowest BCUT2D eigenvalue weighted by atomic mass is 10.1. The van der Waals surface area contributed by atoms with E-state index in [9.17, 15) is 9.65 Å². The van der Waals surface area contributed by atoms with Gasteiger partial charge in [0, 0.05) is 20.1 Å². The fraction of sp³-hybridized carbons (Fsp3) is 0.261. The molecule has 0 aliphatic heterocycles. The van der Waals surface area contributed by atoms with E-state index in [2.05, 4.69) is 45.9 Å². The molecule has 1 heterocycles. The molecule has 0 atom stereocenters. The molecular weight excluding hydrogens is 393 g/mol. The number of nitriles is 1. The minimum Gasteiger partial charge on any atom is -0.382 e. The van der Waals surface area contributed by atoms with Crippen molar-refractivity contribution < 1.29 is 4.39 Å². The van der Waals surface area contributed by atoms with Crippen molar-refractivity contribution in [3.63, 3.8) is 0 Å². The van der Waals surface area contributed by atoms with Crippen molar-refractivity contribution in [2.75, 3.05) is 19.3 Å². The highest BCUT2D eigenvalue weighted by atomic mass is 19.1. The normalized spacial score (nSPS) is 11.2. The maximum Gasteiger partial charge on any atom is 0.191 e. The third-order valence-electron chi connectivity index (χ3n) is 4.99. The first kappa shape index (κ1) is 21.8. The number of nitrogens with two attached hydrogens (primary N) is 1. The largest absolute Gasteiger partial charge is 0.382 e. The molecule has 0 spiro atoms. The summed E-state index contributed by atoms with van der Waals surface area (Å²) in [6.45, 7) is 3.42. The zero-order chi connectivity index (χ0) is 22.2. The monoisotopic (exact) mass is 419 g/mol. The van der Waals surface area contributed by atoms with Crippen LogP contribution in [0, 0.1) is 24.1 Å². The van der Waals surface area contributed by atoms with Gasteiger partial charge in [-0.25, -0.2) is 9.07 Å².